The highest BCUT2D eigenvalue weighted by atomic mass is 16.1. The highest BCUT2D eigenvalue weighted by Gasteiger charge is 2.01. The van der Waals surface area contributed by atoms with Gasteiger partial charge in [-0.25, -0.2) is 0 Å². The molecule has 100 valence electrons. The minimum Gasteiger partial charge on any atom is -0.326 e. The van der Waals surface area contributed by atoms with Crippen LogP contribution >= 0.6 is 0 Å². The monoisotopic (exact) mass is 247 g/mol. The zero-order chi connectivity index (χ0) is 13.2. The number of hydrogen-bond donors (Lipinski definition) is 1. The lowest BCUT2D eigenvalue weighted by Gasteiger charge is -2.06. The number of anilines is 1. The van der Waals surface area contributed by atoms with E-state index in [0.717, 1.165) is 31.4 Å². The van der Waals surface area contributed by atoms with Gasteiger partial charge in [-0.3, -0.25) is 4.79 Å². The molecule has 0 radical (unpaired) electrons. The summed E-state index contributed by atoms with van der Waals surface area (Å²) in [5, 5.41) is 2.95. The summed E-state index contributed by atoms with van der Waals surface area (Å²) in [5.74, 6) is 0.129. The average Bonchev–Trinajstić information content (AvgIpc) is 2.38. The first-order valence-electron chi connectivity index (χ1n) is 7.15. The van der Waals surface area contributed by atoms with E-state index in [1.807, 2.05) is 12.1 Å². The quantitative estimate of drug-likeness (QED) is 0.671. The molecule has 0 aliphatic heterocycles. The van der Waals surface area contributed by atoms with Crippen molar-refractivity contribution in [2.75, 3.05) is 5.32 Å². The molecule has 18 heavy (non-hydrogen) atoms. The van der Waals surface area contributed by atoms with Gasteiger partial charge in [0.2, 0.25) is 5.91 Å². The number of benzene rings is 1. The fourth-order valence-electron chi connectivity index (χ4n) is 1.89. The summed E-state index contributed by atoms with van der Waals surface area (Å²) in [5.41, 5.74) is 2.26. The fraction of sp³-hybridized carbons (Fsp3) is 0.562. The Kier molecular flexibility index (Phi) is 7.16. The third kappa shape index (κ3) is 5.85. The summed E-state index contributed by atoms with van der Waals surface area (Å²) < 4.78 is 0. The largest absolute Gasteiger partial charge is 0.326 e. The Labute approximate surface area is 111 Å². The van der Waals surface area contributed by atoms with E-state index in [4.69, 9.17) is 0 Å². The van der Waals surface area contributed by atoms with Crippen molar-refractivity contribution in [1.82, 2.24) is 0 Å². The van der Waals surface area contributed by atoms with Gasteiger partial charge in [-0.15, -0.1) is 0 Å². The van der Waals surface area contributed by atoms with Crippen molar-refractivity contribution in [2.45, 2.75) is 58.8 Å². The average molecular weight is 247 g/mol. The SMILES string of the molecule is CCCCCC(=O)Nc1ccc(CCCC)cc1. The Morgan fingerprint density at radius 1 is 1.00 bits per heavy atom. The van der Waals surface area contributed by atoms with Gasteiger partial charge in [0.05, 0.1) is 0 Å². The highest BCUT2D eigenvalue weighted by molar-refractivity contribution is 5.90. The molecular weight excluding hydrogens is 222 g/mol. The first-order chi connectivity index (χ1) is 8.76. The van der Waals surface area contributed by atoms with Crippen LogP contribution in [0, 0.1) is 0 Å². The van der Waals surface area contributed by atoms with E-state index < -0.39 is 0 Å². The summed E-state index contributed by atoms with van der Waals surface area (Å²) in [6.07, 6.45) is 7.46. The molecule has 0 heterocycles. The molecule has 1 N–H and O–H groups in total. The van der Waals surface area contributed by atoms with Gasteiger partial charge < -0.3 is 5.32 Å². The molecule has 0 aliphatic carbocycles. The fourth-order valence-corrected chi connectivity index (χ4v) is 1.89. The molecule has 1 rings (SSSR count). The van der Waals surface area contributed by atoms with Crippen molar-refractivity contribution < 1.29 is 4.79 Å². The van der Waals surface area contributed by atoms with Crippen LogP contribution in [0.4, 0.5) is 5.69 Å². The molecule has 0 atom stereocenters. The van der Waals surface area contributed by atoms with Gasteiger partial charge in [-0.1, -0.05) is 45.2 Å². The molecule has 1 amide bonds. The van der Waals surface area contributed by atoms with Gasteiger partial charge in [-0.05, 0) is 37.0 Å². The number of carbonyl (C=O) groups excluding carboxylic acids is 1. The Morgan fingerprint density at radius 3 is 2.28 bits per heavy atom. The first kappa shape index (κ1) is 14.7. The Balaban J connectivity index is 2.35. The van der Waals surface area contributed by atoms with Crippen molar-refractivity contribution in [3.05, 3.63) is 29.8 Å². The maximum atomic E-state index is 11.6. The minimum absolute atomic E-state index is 0.129. The predicted octanol–water partition coefficient (Wildman–Crippen LogP) is 4.55. The summed E-state index contributed by atoms with van der Waals surface area (Å²) in [7, 11) is 0. The lowest BCUT2D eigenvalue weighted by molar-refractivity contribution is -0.116. The molecule has 0 spiro atoms. The topological polar surface area (TPSA) is 29.1 Å². The van der Waals surface area contributed by atoms with Crippen LogP contribution in [0.5, 0.6) is 0 Å². The number of aryl methyl sites for hydroxylation is 1. The molecule has 1 aromatic carbocycles. The number of amides is 1. The molecular formula is C16H25NO. The number of unbranched alkanes of at least 4 members (excludes halogenated alkanes) is 3. The van der Waals surface area contributed by atoms with Crippen molar-refractivity contribution >= 4 is 11.6 Å². The maximum absolute atomic E-state index is 11.6. The Bertz CT molecular complexity index is 343. The van der Waals surface area contributed by atoms with Gasteiger partial charge in [0.1, 0.15) is 0 Å². The molecule has 0 unspecified atom stereocenters. The van der Waals surface area contributed by atoms with Crippen LogP contribution in [0.15, 0.2) is 24.3 Å². The third-order valence-corrected chi connectivity index (χ3v) is 3.06. The van der Waals surface area contributed by atoms with Crippen molar-refractivity contribution in [1.29, 1.82) is 0 Å². The summed E-state index contributed by atoms with van der Waals surface area (Å²) >= 11 is 0. The maximum Gasteiger partial charge on any atom is 0.224 e. The van der Waals surface area contributed by atoms with E-state index in [1.54, 1.807) is 0 Å². The van der Waals surface area contributed by atoms with Crippen LogP contribution in [0.3, 0.4) is 0 Å². The van der Waals surface area contributed by atoms with Crippen molar-refractivity contribution in [2.24, 2.45) is 0 Å². The molecule has 0 bridgehead atoms. The second kappa shape index (κ2) is 8.73. The molecule has 2 heteroatoms. The number of rotatable bonds is 8. The second-order valence-corrected chi connectivity index (χ2v) is 4.81. The highest BCUT2D eigenvalue weighted by Crippen LogP contribution is 2.12. The molecule has 1 aromatic rings. The normalized spacial score (nSPS) is 10.3. The Morgan fingerprint density at radius 2 is 1.67 bits per heavy atom. The Hall–Kier alpha value is -1.31. The molecule has 0 fully saturated rings. The van der Waals surface area contributed by atoms with Crippen LogP contribution in [0.1, 0.15) is 57.9 Å². The van der Waals surface area contributed by atoms with Crippen LogP contribution in [-0.2, 0) is 11.2 Å². The molecule has 0 saturated heterocycles. The van der Waals surface area contributed by atoms with Gasteiger partial charge >= 0.3 is 0 Å². The van der Waals surface area contributed by atoms with Gasteiger partial charge in [0.25, 0.3) is 0 Å². The third-order valence-electron chi connectivity index (χ3n) is 3.06. The number of nitrogens with one attached hydrogen (secondary N) is 1. The van der Waals surface area contributed by atoms with Crippen molar-refractivity contribution in [3.8, 4) is 0 Å². The van der Waals surface area contributed by atoms with Crippen LogP contribution < -0.4 is 5.32 Å². The van der Waals surface area contributed by atoms with Crippen LogP contribution in [-0.4, -0.2) is 5.91 Å². The van der Waals surface area contributed by atoms with Gasteiger partial charge in [-0.2, -0.15) is 0 Å². The van der Waals surface area contributed by atoms with Gasteiger partial charge in [0.15, 0.2) is 0 Å². The van der Waals surface area contributed by atoms with Crippen LogP contribution in [0.2, 0.25) is 0 Å². The zero-order valence-electron chi connectivity index (χ0n) is 11.7. The van der Waals surface area contributed by atoms with E-state index in [9.17, 15) is 4.79 Å². The number of carbonyl (C=O) groups is 1. The van der Waals surface area contributed by atoms with E-state index in [0.29, 0.717) is 6.42 Å². The molecule has 0 saturated carbocycles. The molecule has 0 aliphatic rings. The molecule has 0 aromatic heterocycles. The van der Waals surface area contributed by atoms with E-state index >= 15 is 0 Å². The van der Waals surface area contributed by atoms with Gasteiger partial charge in [0, 0.05) is 12.1 Å². The minimum atomic E-state index is 0.129. The zero-order valence-corrected chi connectivity index (χ0v) is 11.7. The smallest absolute Gasteiger partial charge is 0.224 e. The van der Waals surface area contributed by atoms with Crippen LogP contribution in [0.25, 0.3) is 0 Å². The lowest BCUT2D eigenvalue weighted by atomic mass is 10.1. The number of hydrogen-bond acceptors (Lipinski definition) is 1. The lowest BCUT2D eigenvalue weighted by Crippen LogP contribution is -2.10. The molecule has 2 nitrogen and oxygen atoms in total. The van der Waals surface area contributed by atoms with E-state index in [-0.39, 0.29) is 5.91 Å². The second-order valence-electron chi connectivity index (χ2n) is 4.81. The summed E-state index contributed by atoms with van der Waals surface area (Å²) in [6, 6.07) is 8.22. The standard InChI is InChI=1S/C16H25NO/c1-3-5-7-9-16(18)17-15-12-10-14(11-13-15)8-6-4-2/h10-13H,3-9H2,1-2H3,(H,17,18). The van der Waals surface area contributed by atoms with E-state index in [1.165, 1.54) is 18.4 Å². The first-order valence-corrected chi connectivity index (χ1v) is 7.15. The predicted molar refractivity (Wildman–Crippen MR) is 77.8 cm³/mol. The summed E-state index contributed by atoms with van der Waals surface area (Å²) in [4.78, 5) is 11.6. The van der Waals surface area contributed by atoms with E-state index in [2.05, 4.69) is 31.3 Å². The summed E-state index contributed by atoms with van der Waals surface area (Å²) in [6.45, 7) is 4.35. The van der Waals surface area contributed by atoms with Crippen molar-refractivity contribution in [3.63, 3.8) is 0 Å².